The minimum absolute atomic E-state index is 0.630. The highest BCUT2D eigenvalue weighted by Crippen LogP contribution is 2.46. The standard InChI is InChI=1S/C15H22N6/c1-16-14-18-12-11(10-17-20-12)13(19-14)21-8-6-15(7-9-21)4-2-3-5-15/h10H,2-9H2,1H3,(H2,16,17,18,19,20). The van der Waals surface area contributed by atoms with E-state index in [1.54, 1.807) is 0 Å². The number of nitrogens with one attached hydrogen (secondary N) is 2. The lowest BCUT2D eigenvalue weighted by Gasteiger charge is -2.40. The second-order valence-corrected chi connectivity index (χ2v) is 6.45. The summed E-state index contributed by atoms with van der Waals surface area (Å²) in [5, 5.41) is 11.1. The highest BCUT2D eigenvalue weighted by Gasteiger charge is 2.37. The topological polar surface area (TPSA) is 69.7 Å². The summed E-state index contributed by atoms with van der Waals surface area (Å²) in [7, 11) is 1.85. The number of H-pyrrole nitrogens is 1. The highest BCUT2D eigenvalue weighted by molar-refractivity contribution is 5.87. The lowest BCUT2D eigenvalue weighted by atomic mass is 9.77. The Morgan fingerprint density at radius 1 is 1.14 bits per heavy atom. The fourth-order valence-electron chi connectivity index (χ4n) is 3.99. The van der Waals surface area contributed by atoms with E-state index in [4.69, 9.17) is 0 Å². The number of fused-ring (bicyclic) bond motifs is 1. The Kier molecular flexibility index (Phi) is 2.97. The zero-order valence-corrected chi connectivity index (χ0v) is 12.5. The minimum atomic E-state index is 0.630. The first-order valence-electron chi connectivity index (χ1n) is 7.94. The summed E-state index contributed by atoms with van der Waals surface area (Å²) in [5.41, 5.74) is 1.44. The van der Waals surface area contributed by atoms with E-state index in [0.717, 1.165) is 29.9 Å². The molecule has 1 aliphatic heterocycles. The number of rotatable bonds is 2. The fraction of sp³-hybridized carbons (Fsp3) is 0.667. The summed E-state index contributed by atoms with van der Waals surface area (Å²) in [4.78, 5) is 11.5. The van der Waals surface area contributed by atoms with Crippen molar-refractivity contribution in [3.63, 3.8) is 0 Å². The molecule has 0 aromatic carbocycles. The van der Waals surface area contributed by atoms with Crippen LogP contribution in [0.15, 0.2) is 6.20 Å². The van der Waals surface area contributed by atoms with E-state index in [0.29, 0.717) is 11.4 Å². The van der Waals surface area contributed by atoms with Crippen molar-refractivity contribution in [1.82, 2.24) is 20.2 Å². The molecule has 1 spiro atoms. The van der Waals surface area contributed by atoms with Crippen LogP contribution in [0, 0.1) is 5.41 Å². The van der Waals surface area contributed by atoms with Gasteiger partial charge in [0, 0.05) is 20.1 Å². The molecule has 2 aromatic rings. The molecule has 0 radical (unpaired) electrons. The summed E-state index contributed by atoms with van der Waals surface area (Å²) < 4.78 is 0. The second-order valence-electron chi connectivity index (χ2n) is 6.45. The molecule has 0 atom stereocenters. The molecule has 2 N–H and O–H groups in total. The van der Waals surface area contributed by atoms with Gasteiger partial charge in [-0.05, 0) is 31.1 Å². The van der Waals surface area contributed by atoms with Crippen molar-refractivity contribution in [2.24, 2.45) is 5.41 Å². The first kappa shape index (κ1) is 12.9. The molecule has 0 bridgehead atoms. The van der Waals surface area contributed by atoms with Gasteiger partial charge in [-0.3, -0.25) is 5.10 Å². The van der Waals surface area contributed by atoms with Gasteiger partial charge in [-0.15, -0.1) is 0 Å². The largest absolute Gasteiger partial charge is 0.357 e. The first-order valence-corrected chi connectivity index (χ1v) is 7.94. The molecular weight excluding hydrogens is 264 g/mol. The molecule has 6 nitrogen and oxygen atoms in total. The van der Waals surface area contributed by atoms with Crippen LogP contribution in [-0.2, 0) is 0 Å². The number of piperidine rings is 1. The summed E-state index contributed by atoms with van der Waals surface area (Å²) in [6.07, 6.45) is 10.1. The number of aromatic amines is 1. The maximum atomic E-state index is 4.67. The van der Waals surface area contributed by atoms with Crippen molar-refractivity contribution in [3.8, 4) is 0 Å². The Balaban J connectivity index is 1.63. The molecule has 21 heavy (non-hydrogen) atoms. The van der Waals surface area contributed by atoms with Crippen molar-refractivity contribution in [2.45, 2.75) is 38.5 Å². The number of hydrogen-bond donors (Lipinski definition) is 2. The molecule has 2 aromatic heterocycles. The summed E-state index contributed by atoms with van der Waals surface area (Å²) in [5.74, 6) is 1.67. The van der Waals surface area contributed by atoms with Crippen molar-refractivity contribution in [1.29, 1.82) is 0 Å². The number of hydrogen-bond acceptors (Lipinski definition) is 5. The number of aromatic nitrogens is 4. The summed E-state index contributed by atoms with van der Waals surface area (Å²) >= 11 is 0. The van der Waals surface area contributed by atoms with Gasteiger partial charge in [-0.25, -0.2) is 0 Å². The lowest BCUT2D eigenvalue weighted by Crippen LogP contribution is -2.39. The molecule has 112 valence electrons. The average Bonchev–Trinajstić information content (AvgIpc) is 3.16. The predicted octanol–water partition coefficient (Wildman–Crippen LogP) is 2.56. The van der Waals surface area contributed by atoms with Crippen molar-refractivity contribution >= 4 is 22.8 Å². The normalized spacial score (nSPS) is 21.3. The molecule has 2 aliphatic rings. The van der Waals surface area contributed by atoms with Crippen LogP contribution in [-0.4, -0.2) is 40.3 Å². The van der Waals surface area contributed by atoms with Crippen LogP contribution >= 0.6 is 0 Å². The van der Waals surface area contributed by atoms with Gasteiger partial charge in [-0.1, -0.05) is 12.8 Å². The Morgan fingerprint density at radius 3 is 2.62 bits per heavy atom. The average molecular weight is 286 g/mol. The van der Waals surface area contributed by atoms with Gasteiger partial charge >= 0.3 is 0 Å². The van der Waals surface area contributed by atoms with E-state index in [-0.39, 0.29) is 0 Å². The summed E-state index contributed by atoms with van der Waals surface area (Å²) in [6.45, 7) is 2.20. The fourth-order valence-corrected chi connectivity index (χ4v) is 3.99. The van der Waals surface area contributed by atoms with Gasteiger partial charge in [0.05, 0.1) is 11.6 Å². The zero-order chi connectivity index (χ0) is 14.3. The van der Waals surface area contributed by atoms with Gasteiger partial charge in [-0.2, -0.15) is 15.1 Å². The Hall–Kier alpha value is -1.85. The maximum Gasteiger partial charge on any atom is 0.226 e. The zero-order valence-electron chi connectivity index (χ0n) is 12.5. The number of nitrogens with zero attached hydrogens (tertiary/aromatic N) is 4. The van der Waals surface area contributed by atoms with Crippen LogP contribution in [0.5, 0.6) is 0 Å². The van der Waals surface area contributed by atoms with Gasteiger partial charge in [0.2, 0.25) is 5.95 Å². The van der Waals surface area contributed by atoms with E-state index in [2.05, 4.69) is 30.4 Å². The van der Waals surface area contributed by atoms with E-state index in [9.17, 15) is 0 Å². The van der Waals surface area contributed by atoms with Gasteiger partial charge < -0.3 is 10.2 Å². The van der Waals surface area contributed by atoms with Crippen LogP contribution in [0.3, 0.4) is 0 Å². The van der Waals surface area contributed by atoms with Crippen LogP contribution in [0.2, 0.25) is 0 Å². The maximum absolute atomic E-state index is 4.67. The second kappa shape index (κ2) is 4.86. The molecule has 1 saturated carbocycles. The quantitative estimate of drug-likeness (QED) is 0.888. The Morgan fingerprint density at radius 2 is 1.90 bits per heavy atom. The van der Waals surface area contributed by atoms with Crippen LogP contribution < -0.4 is 10.2 Å². The molecular formula is C15H22N6. The Labute approximate surface area is 124 Å². The molecule has 0 amide bonds. The lowest BCUT2D eigenvalue weighted by molar-refractivity contribution is 0.226. The molecule has 3 heterocycles. The molecule has 1 aliphatic carbocycles. The van der Waals surface area contributed by atoms with Gasteiger partial charge in [0.1, 0.15) is 5.82 Å². The SMILES string of the molecule is CNc1nc(N2CCC3(CCCC3)CC2)c2cn[nH]c2n1. The molecule has 4 rings (SSSR count). The van der Waals surface area contributed by atoms with E-state index < -0.39 is 0 Å². The van der Waals surface area contributed by atoms with Crippen molar-refractivity contribution in [2.75, 3.05) is 30.4 Å². The van der Waals surface area contributed by atoms with E-state index in [1.165, 1.54) is 38.5 Å². The van der Waals surface area contributed by atoms with E-state index in [1.807, 2.05) is 13.2 Å². The number of anilines is 2. The third kappa shape index (κ3) is 2.13. The molecule has 1 saturated heterocycles. The van der Waals surface area contributed by atoms with Crippen molar-refractivity contribution < 1.29 is 0 Å². The van der Waals surface area contributed by atoms with E-state index >= 15 is 0 Å². The predicted molar refractivity (Wildman–Crippen MR) is 83.6 cm³/mol. The highest BCUT2D eigenvalue weighted by atomic mass is 15.3. The van der Waals surface area contributed by atoms with Gasteiger partial charge in [0.15, 0.2) is 5.65 Å². The molecule has 0 unspecified atom stereocenters. The molecule has 6 heteroatoms. The third-order valence-electron chi connectivity index (χ3n) is 5.30. The van der Waals surface area contributed by atoms with Crippen LogP contribution in [0.4, 0.5) is 11.8 Å². The van der Waals surface area contributed by atoms with Crippen molar-refractivity contribution in [3.05, 3.63) is 6.20 Å². The minimum Gasteiger partial charge on any atom is -0.357 e. The van der Waals surface area contributed by atoms with Crippen LogP contribution in [0.1, 0.15) is 38.5 Å². The van der Waals surface area contributed by atoms with Crippen LogP contribution in [0.25, 0.3) is 11.0 Å². The smallest absolute Gasteiger partial charge is 0.226 e. The third-order valence-corrected chi connectivity index (χ3v) is 5.30. The monoisotopic (exact) mass is 286 g/mol. The molecule has 2 fully saturated rings. The Bertz CT molecular complexity index is 633. The first-order chi connectivity index (χ1) is 10.3. The summed E-state index contributed by atoms with van der Waals surface area (Å²) in [6, 6.07) is 0. The van der Waals surface area contributed by atoms with Gasteiger partial charge in [0.25, 0.3) is 0 Å².